The van der Waals surface area contributed by atoms with Crippen molar-refractivity contribution in [2.24, 2.45) is 11.8 Å². The molecule has 3 aromatic carbocycles. The summed E-state index contributed by atoms with van der Waals surface area (Å²) in [5, 5.41) is 8.65. The summed E-state index contributed by atoms with van der Waals surface area (Å²) in [5.74, 6) is -0.921. The number of carbonyl (C=O) groups is 4. The maximum atomic E-state index is 13.8. The maximum Gasteiger partial charge on any atom is 0.255 e. The molecule has 1 aliphatic heterocycles. The average molecular weight is 655 g/mol. The van der Waals surface area contributed by atoms with Gasteiger partial charge in [-0.1, -0.05) is 100 Å². The lowest BCUT2D eigenvalue weighted by Crippen LogP contribution is -2.54. The summed E-state index contributed by atoms with van der Waals surface area (Å²) in [6.07, 6.45) is 1.38. The fourth-order valence-electron chi connectivity index (χ4n) is 6.21. The van der Waals surface area contributed by atoms with E-state index in [9.17, 15) is 19.2 Å². The Labute approximate surface area is 284 Å². The standard InChI is InChI=1S/C39H50N4O5/c1-26(2)22-30-25-48-35-19-13-12-18-32(35)37(45)42-33(24-36(44)41-34(23-27(3)4)39(47)43(30)5)38(46)40-21-20-31(28-14-8-6-9-15-28)29-16-10-7-11-17-29/h6-19,26-27,30-31,33-34H,20-25H2,1-5H3,(H,40,46)(H,41,44)(H,42,45)/t30-,33+,34-/m1/s1. The Hall–Kier alpha value is -4.66. The third-order valence-corrected chi connectivity index (χ3v) is 8.69. The number of hydrogen-bond acceptors (Lipinski definition) is 5. The Morgan fingerprint density at radius 2 is 1.42 bits per heavy atom. The van der Waals surface area contributed by atoms with Crippen molar-refractivity contribution < 1.29 is 23.9 Å². The molecule has 0 aromatic heterocycles. The lowest BCUT2D eigenvalue weighted by atomic mass is 9.88. The highest BCUT2D eigenvalue weighted by atomic mass is 16.5. The Kier molecular flexibility index (Phi) is 13.2. The zero-order chi connectivity index (χ0) is 34.6. The first kappa shape index (κ1) is 36.2. The summed E-state index contributed by atoms with van der Waals surface area (Å²) in [5.41, 5.74) is 2.50. The minimum Gasteiger partial charge on any atom is -0.491 e. The first-order chi connectivity index (χ1) is 23.0. The van der Waals surface area contributed by atoms with Crippen LogP contribution >= 0.6 is 0 Å². The van der Waals surface area contributed by atoms with Crippen LogP contribution in [0.2, 0.25) is 0 Å². The Morgan fingerprint density at radius 3 is 2.02 bits per heavy atom. The number of nitrogens with zero attached hydrogens (tertiary/aromatic N) is 1. The van der Waals surface area contributed by atoms with Gasteiger partial charge < -0.3 is 25.6 Å². The molecule has 0 radical (unpaired) electrons. The molecule has 1 aliphatic rings. The van der Waals surface area contributed by atoms with Crippen molar-refractivity contribution in [1.82, 2.24) is 20.9 Å². The van der Waals surface area contributed by atoms with Crippen molar-refractivity contribution in [3.63, 3.8) is 0 Å². The van der Waals surface area contributed by atoms with Crippen molar-refractivity contribution in [3.05, 3.63) is 102 Å². The predicted molar refractivity (Wildman–Crippen MR) is 188 cm³/mol. The fraction of sp³-hybridized carbons (Fsp3) is 0.436. The highest BCUT2D eigenvalue weighted by Gasteiger charge is 2.33. The van der Waals surface area contributed by atoms with E-state index in [0.29, 0.717) is 31.6 Å². The third-order valence-electron chi connectivity index (χ3n) is 8.69. The number of fused-ring (bicyclic) bond motifs is 1. The first-order valence-electron chi connectivity index (χ1n) is 17.0. The minimum atomic E-state index is -1.18. The molecule has 0 fully saturated rings. The van der Waals surface area contributed by atoms with Gasteiger partial charge in [-0.05, 0) is 54.4 Å². The van der Waals surface area contributed by atoms with Crippen molar-refractivity contribution in [2.45, 2.75) is 77.4 Å². The van der Waals surface area contributed by atoms with E-state index in [4.69, 9.17) is 4.74 Å². The molecule has 3 aromatic rings. The van der Waals surface area contributed by atoms with E-state index in [2.05, 4.69) is 54.1 Å². The largest absolute Gasteiger partial charge is 0.491 e. The number of ether oxygens (including phenoxy) is 1. The summed E-state index contributed by atoms with van der Waals surface area (Å²) in [4.78, 5) is 56.4. The van der Waals surface area contributed by atoms with Crippen LogP contribution in [0.4, 0.5) is 0 Å². The van der Waals surface area contributed by atoms with Gasteiger partial charge in [0, 0.05) is 19.5 Å². The summed E-state index contributed by atoms with van der Waals surface area (Å²) >= 11 is 0. The number of carbonyl (C=O) groups excluding carboxylic acids is 4. The normalized spacial score (nSPS) is 19.3. The first-order valence-corrected chi connectivity index (χ1v) is 17.0. The van der Waals surface area contributed by atoms with E-state index in [1.807, 2.05) is 50.2 Å². The molecule has 256 valence electrons. The molecule has 0 unspecified atom stereocenters. The van der Waals surface area contributed by atoms with Gasteiger partial charge in [-0.2, -0.15) is 0 Å². The number of hydrogen-bond donors (Lipinski definition) is 3. The predicted octanol–water partition coefficient (Wildman–Crippen LogP) is 5.31. The Morgan fingerprint density at radius 1 is 0.833 bits per heavy atom. The molecule has 9 nitrogen and oxygen atoms in total. The lowest BCUT2D eigenvalue weighted by molar-refractivity contribution is -0.138. The summed E-state index contributed by atoms with van der Waals surface area (Å²) in [7, 11) is 1.73. The summed E-state index contributed by atoms with van der Waals surface area (Å²) in [6.45, 7) is 8.62. The molecule has 1 heterocycles. The SMILES string of the molecule is CC(C)C[C@@H]1COc2ccccc2C(=O)N[C@H](C(=O)NCCC(c2ccccc2)c2ccccc2)CC(=O)N[C@H](CC(C)C)C(=O)N1C. The monoisotopic (exact) mass is 654 g/mol. The van der Waals surface area contributed by atoms with Gasteiger partial charge >= 0.3 is 0 Å². The zero-order valence-electron chi connectivity index (χ0n) is 28.8. The molecule has 4 rings (SSSR count). The van der Waals surface area contributed by atoms with E-state index in [1.165, 1.54) is 0 Å². The number of likely N-dealkylation sites (N-methyl/N-ethyl adjacent to an activating group) is 1. The topological polar surface area (TPSA) is 117 Å². The minimum absolute atomic E-state index is 0.0397. The fourth-order valence-corrected chi connectivity index (χ4v) is 6.21. The molecule has 9 heteroatoms. The van der Waals surface area contributed by atoms with Gasteiger partial charge in [-0.25, -0.2) is 0 Å². The second-order valence-electron chi connectivity index (χ2n) is 13.5. The number of benzene rings is 3. The smallest absolute Gasteiger partial charge is 0.255 e. The lowest BCUT2D eigenvalue weighted by Gasteiger charge is -2.33. The second kappa shape index (κ2) is 17.5. The van der Waals surface area contributed by atoms with Crippen molar-refractivity contribution in [3.8, 4) is 5.75 Å². The summed E-state index contributed by atoms with van der Waals surface area (Å²) in [6, 6.07) is 24.8. The molecular weight excluding hydrogens is 604 g/mol. The van der Waals surface area contributed by atoms with Crippen LogP contribution in [0, 0.1) is 11.8 Å². The van der Waals surface area contributed by atoms with Crippen LogP contribution in [0.25, 0.3) is 0 Å². The van der Waals surface area contributed by atoms with E-state index >= 15 is 0 Å². The van der Waals surface area contributed by atoms with Crippen LogP contribution in [0.15, 0.2) is 84.9 Å². The van der Waals surface area contributed by atoms with E-state index in [0.717, 1.165) is 11.1 Å². The van der Waals surface area contributed by atoms with E-state index in [-0.39, 0.29) is 48.3 Å². The van der Waals surface area contributed by atoms with Crippen molar-refractivity contribution in [2.75, 3.05) is 20.2 Å². The van der Waals surface area contributed by atoms with Crippen LogP contribution in [-0.2, 0) is 14.4 Å². The van der Waals surface area contributed by atoms with Gasteiger partial charge in [-0.15, -0.1) is 0 Å². The molecule has 0 saturated carbocycles. The molecule has 0 bridgehead atoms. The van der Waals surface area contributed by atoms with Gasteiger partial charge in [0.1, 0.15) is 24.4 Å². The average Bonchev–Trinajstić information content (AvgIpc) is 3.07. The number of amides is 4. The molecule has 0 spiro atoms. The Balaban J connectivity index is 1.58. The molecule has 48 heavy (non-hydrogen) atoms. The molecule has 0 saturated heterocycles. The number of nitrogens with one attached hydrogen (secondary N) is 3. The van der Waals surface area contributed by atoms with Crippen LogP contribution < -0.4 is 20.7 Å². The van der Waals surface area contributed by atoms with Gasteiger partial charge in [0.15, 0.2) is 0 Å². The van der Waals surface area contributed by atoms with Crippen LogP contribution in [-0.4, -0.2) is 66.9 Å². The quantitative estimate of drug-likeness (QED) is 0.274. The van der Waals surface area contributed by atoms with Crippen LogP contribution in [0.3, 0.4) is 0 Å². The van der Waals surface area contributed by atoms with Gasteiger partial charge in [-0.3, -0.25) is 19.2 Å². The van der Waals surface area contributed by atoms with Crippen molar-refractivity contribution in [1.29, 1.82) is 0 Å². The van der Waals surface area contributed by atoms with Crippen LogP contribution in [0.1, 0.15) is 80.8 Å². The van der Waals surface area contributed by atoms with Crippen LogP contribution in [0.5, 0.6) is 5.75 Å². The molecular formula is C39H50N4O5. The number of rotatable bonds is 10. The Bertz CT molecular complexity index is 1470. The molecule has 0 aliphatic carbocycles. The van der Waals surface area contributed by atoms with Crippen molar-refractivity contribution >= 4 is 23.6 Å². The van der Waals surface area contributed by atoms with E-state index in [1.54, 1.807) is 36.2 Å². The highest BCUT2D eigenvalue weighted by molar-refractivity contribution is 6.01. The molecule has 3 atom stereocenters. The van der Waals surface area contributed by atoms with Gasteiger partial charge in [0.05, 0.1) is 18.0 Å². The maximum absolute atomic E-state index is 13.8. The van der Waals surface area contributed by atoms with E-state index < -0.39 is 29.8 Å². The molecule has 3 N–H and O–H groups in total. The highest BCUT2D eigenvalue weighted by Crippen LogP contribution is 2.27. The zero-order valence-corrected chi connectivity index (χ0v) is 28.8. The summed E-state index contributed by atoms with van der Waals surface area (Å²) < 4.78 is 6.20. The van der Waals surface area contributed by atoms with Gasteiger partial charge in [0.2, 0.25) is 17.7 Å². The second-order valence-corrected chi connectivity index (χ2v) is 13.5. The third kappa shape index (κ3) is 10.2. The molecule has 4 amide bonds. The van der Waals surface area contributed by atoms with Gasteiger partial charge in [0.25, 0.3) is 5.91 Å². The number of para-hydroxylation sites is 1.